The van der Waals surface area contributed by atoms with E-state index in [0.29, 0.717) is 28.8 Å². The maximum absolute atomic E-state index is 13.0. The Kier molecular flexibility index (Phi) is 4.77. The number of halogens is 2. The number of aromatic nitrogens is 3. The Hall–Kier alpha value is -2.57. The summed E-state index contributed by atoms with van der Waals surface area (Å²) in [6.07, 6.45) is 5.40. The lowest BCUT2D eigenvalue weighted by Gasteiger charge is -2.33. The van der Waals surface area contributed by atoms with Crippen molar-refractivity contribution in [2.75, 3.05) is 13.7 Å². The Balaban J connectivity index is 1.79. The second-order valence-corrected chi connectivity index (χ2v) is 7.39. The molecule has 0 saturated heterocycles. The normalized spacial score (nSPS) is 16.1. The Morgan fingerprint density at radius 3 is 2.75 bits per heavy atom. The van der Waals surface area contributed by atoms with Crippen LogP contribution in [0.15, 0.2) is 25.0 Å². The molecule has 4 rings (SSSR count). The third-order valence-electron chi connectivity index (χ3n) is 5.14. The third kappa shape index (κ3) is 2.84. The number of amides is 1. The predicted octanol–water partition coefficient (Wildman–Crippen LogP) is 4.68. The molecule has 144 valence electrons. The summed E-state index contributed by atoms with van der Waals surface area (Å²) in [6, 6.07) is 1.61. The van der Waals surface area contributed by atoms with E-state index in [9.17, 15) is 4.79 Å². The molecule has 1 atom stereocenters. The van der Waals surface area contributed by atoms with Gasteiger partial charge in [-0.3, -0.25) is 4.79 Å². The first-order valence-corrected chi connectivity index (χ1v) is 9.53. The fourth-order valence-electron chi connectivity index (χ4n) is 3.76. The monoisotopic (exact) mass is 416 g/mol. The molecule has 0 unspecified atom stereocenters. The number of nitrogens with zero attached hydrogens (tertiary/aromatic N) is 3. The van der Waals surface area contributed by atoms with E-state index in [1.54, 1.807) is 17.0 Å². The van der Waals surface area contributed by atoms with E-state index in [-0.39, 0.29) is 17.8 Å². The quantitative estimate of drug-likeness (QED) is 0.672. The van der Waals surface area contributed by atoms with Crippen LogP contribution in [0.4, 0.5) is 0 Å². The number of nitrogens with one attached hydrogen (secondary N) is 1. The van der Waals surface area contributed by atoms with Crippen LogP contribution in [0, 0.1) is 0 Å². The van der Waals surface area contributed by atoms with Crippen molar-refractivity contribution in [1.82, 2.24) is 19.9 Å². The van der Waals surface area contributed by atoms with Crippen molar-refractivity contribution in [2.24, 2.45) is 0 Å². The molecule has 8 heteroatoms. The molecule has 0 spiro atoms. The van der Waals surface area contributed by atoms with Gasteiger partial charge in [-0.1, -0.05) is 35.9 Å². The van der Waals surface area contributed by atoms with Crippen molar-refractivity contribution in [3.05, 3.63) is 57.7 Å². The van der Waals surface area contributed by atoms with Gasteiger partial charge in [-0.2, -0.15) is 0 Å². The van der Waals surface area contributed by atoms with Crippen LogP contribution < -0.4 is 4.74 Å². The first-order chi connectivity index (χ1) is 13.5. The fourth-order valence-corrected chi connectivity index (χ4v) is 4.17. The van der Waals surface area contributed by atoms with Crippen LogP contribution in [0.5, 0.6) is 5.75 Å². The largest absolute Gasteiger partial charge is 0.494 e. The van der Waals surface area contributed by atoms with Crippen LogP contribution in [0.3, 0.4) is 0 Å². The van der Waals surface area contributed by atoms with Gasteiger partial charge in [-0.15, -0.1) is 0 Å². The van der Waals surface area contributed by atoms with Crippen LogP contribution in [-0.4, -0.2) is 39.4 Å². The Labute approximate surface area is 172 Å². The highest BCUT2D eigenvalue weighted by Crippen LogP contribution is 2.42. The molecule has 0 fully saturated rings. The molecule has 0 radical (unpaired) electrons. The summed E-state index contributed by atoms with van der Waals surface area (Å²) in [4.78, 5) is 26.5. The minimum Gasteiger partial charge on any atom is -0.494 e. The van der Waals surface area contributed by atoms with Crippen LogP contribution in [0.2, 0.25) is 10.0 Å². The molecule has 0 aliphatic carbocycles. The van der Waals surface area contributed by atoms with Gasteiger partial charge in [0, 0.05) is 29.6 Å². The Morgan fingerprint density at radius 1 is 1.39 bits per heavy atom. The number of aromatic amines is 1. The lowest BCUT2D eigenvalue weighted by Crippen LogP contribution is -2.39. The van der Waals surface area contributed by atoms with E-state index in [4.69, 9.17) is 27.9 Å². The number of fused-ring (bicyclic) bond motifs is 3. The van der Waals surface area contributed by atoms with Gasteiger partial charge in [0.05, 0.1) is 41.1 Å². The van der Waals surface area contributed by atoms with Crippen LogP contribution in [0.25, 0.3) is 17.0 Å². The number of methoxy groups -OCH3 is 1. The van der Waals surface area contributed by atoms with Crippen molar-refractivity contribution < 1.29 is 9.53 Å². The Bertz CT molecular complexity index is 1090. The minimum absolute atomic E-state index is 0.140. The standard InChI is InChI=1S/C20H18Cl2N4O2/c1-4-11-7-13(21)17(22)18-16(11)15-10(2)26(6-5-14(15)25-18)20(27)19-23-8-12(28-3)9-24-19/h4,7-10,25H,1,5-6H2,2-3H3/t10-/m1/s1. The molecule has 1 amide bonds. The molecule has 0 bridgehead atoms. The molecule has 28 heavy (non-hydrogen) atoms. The highest BCUT2D eigenvalue weighted by Gasteiger charge is 2.33. The first-order valence-electron chi connectivity index (χ1n) is 8.78. The molecule has 1 aromatic carbocycles. The van der Waals surface area contributed by atoms with Gasteiger partial charge < -0.3 is 14.6 Å². The molecule has 1 aliphatic heterocycles. The van der Waals surface area contributed by atoms with Crippen molar-refractivity contribution in [3.8, 4) is 5.75 Å². The number of ether oxygens (including phenoxy) is 1. The number of rotatable bonds is 3. The van der Waals surface area contributed by atoms with Crippen molar-refractivity contribution in [1.29, 1.82) is 0 Å². The van der Waals surface area contributed by atoms with Gasteiger partial charge in [0.15, 0.2) is 5.75 Å². The summed E-state index contributed by atoms with van der Waals surface area (Å²) >= 11 is 12.7. The van der Waals surface area contributed by atoms with Crippen molar-refractivity contribution in [2.45, 2.75) is 19.4 Å². The second-order valence-electron chi connectivity index (χ2n) is 6.60. The highest BCUT2D eigenvalue weighted by molar-refractivity contribution is 6.45. The zero-order valence-electron chi connectivity index (χ0n) is 15.4. The van der Waals surface area contributed by atoms with Crippen LogP contribution in [0.1, 0.15) is 40.4 Å². The first kappa shape index (κ1) is 18.8. The summed E-state index contributed by atoms with van der Waals surface area (Å²) in [5.74, 6) is 0.417. The lowest BCUT2D eigenvalue weighted by molar-refractivity contribution is 0.0665. The van der Waals surface area contributed by atoms with E-state index < -0.39 is 0 Å². The predicted molar refractivity (Wildman–Crippen MR) is 110 cm³/mol. The molecule has 0 saturated carbocycles. The van der Waals surface area contributed by atoms with E-state index >= 15 is 0 Å². The average molecular weight is 417 g/mol. The number of carbonyl (C=O) groups is 1. The summed E-state index contributed by atoms with van der Waals surface area (Å²) in [6.45, 7) is 6.43. The average Bonchev–Trinajstić information content (AvgIpc) is 3.11. The SMILES string of the molecule is C=Cc1cc(Cl)c(Cl)c2[nH]c3c(c12)[C@@H](C)N(C(=O)c1ncc(OC)cn1)CC3. The molecule has 1 aliphatic rings. The number of carbonyl (C=O) groups excluding carboxylic acids is 1. The molecular formula is C20H18Cl2N4O2. The Morgan fingerprint density at radius 2 is 2.11 bits per heavy atom. The number of hydrogen-bond donors (Lipinski definition) is 1. The molecule has 3 aromatic rings. The van der Waals surface area contributed by atoms with E-state index in [0.717, 1.165) is 27.7 Å². The van der Waals surface area contributed by atoms with Gasteiger partial charge >= 0.3 is 0 Å². The molecular weight excluding hydrogens is 399 g/mol. The summed E-state index contributed by atoms with van der Waals surface area (Å²) in [5, 5.41) is 1.88. The maximum Gasteiger partial charge on any atom is 0.292 e. The smallest absolute Gasteiger partial charge is 0.292 e. The topological polar surface area (TPSA) is 71.1 Å². The van der Waals surface area contributed by atoms with Crippen LogP contribution in [-0.2, 0) is 6.42 Å². The summed E-state index contributed by atoms with van der Waals surface area (Å²) < 4.78 is 5.06. The number of benzene rings is 1. The van der Waals surface area contributed by atoms with Gasteiger partial charge in [-0.05, 0) is 18.6 Å². The van der Waals surface area contributed by atoms with E-state index in [2.05, 4.69) is 21.5 Å². The zero-order chi connectivity index (χ0) is 20.0. The number of H-pyrrole nitrogens is 1. The lowest BCUT2D eigenvalue weighted by atomic mass is 9.94. The highest BCUT2D eigenvalue weighted by atomic mass is 35.5. The summed E-state index contributed by atoms with van der Waals surface area (Å²) in [7, 11) is 1.53. The van der Waals surface area contributed by atoms with Gasteiger partial charge in [-0.25, -0.2) is 9.97 Å². The van der Waals surface area contributed by atoms with E-state index in [1.807, 2.05) is 6.92 Å². The van der Waals surface area contributed by atoms with Gasteiger partial charge in [0.2, 0.25) is 5.82 Å². The van der Waals surface area contributed by atoms with Crippen molar-refractivity contribution >= 4 is 46.1 Å². The minimum atomic E-state index is -0.227. The second kappa shape index (κ2) is 7.11. The summed E-state index contributed by atoms with van der Waals surface area (Å²) in [5.41, 5.74) is 3.73. The van der Waals surface area contributed by atoms with E-state index in [1.165, 1.54) is 19.5 Å². The maximum atomic E-state index is 13.0. The van der Waals surface area contributed by atoms with Gasteiger partial charge in [0.1, 0.15) is 0 Å². The number of hydrogen-bond acceptors (Lipinski definition) is 4. The third-order valence-corrected chi connectivity index (χ3v) is 5.93. The van der Waals surface area contributed by atoms with Crippen molar-refractivity contribution in [3.63, 3.8) is 0 Å². The molecule has 3 heterocycles. The molecule has 2 aromatic heterocycles. The van der Waals surface area contributed by atoms with Gasteiger partial charge in [0.25, 0.3) is 5.91 Å². The zero-order valence-corrected chi connectivity index (χ0v) is 16.9. The molecule has 6 nitrogen and oxygen atoms in total. The fraction of sp³-hybridized carbons (Fsp3) is 0.250. The molecule has 1 N–H and O–H groups in total. The van der Waals surface area contributed by atoms with Crippen LogP contribution >= 0.6 is 23.2 Å².